The first-order valence-electron chi connectivity index (χ1n) is 7.15. The summed E-state index contributed by atoms with van der Waals surface area (Å²) in [5.74, 6) is 1.25. The third kappa shape index (κ3) is 4.08. The molecule has 1 N–H and O–H groups in total. The fourth-order valence-electron chi connectivity index (χ4n) is 2.07. The molecule has 0 amide bonds. The number of hydrogen-bond acceptors (Lipinski definition) is 6. The van der Waals surface area contributed by atoms with Gasteiger partial charge in [0.15, 0.2) is 0 Å². The quantitative estimate of drug-likeness (QED) is 0.805. The van der Waals surface area contributed by atoms with Gasteiger partial charge < -0.3 is 15.0 Å². The summed E-state index contributed by atoms with van der Waals surface area (Å²) < 4.78 is 5.60. The first-order valence-corrected chi connectivity index (χ1v) is 7.15. The summed E-state index contributed by atoms with van der Waals surface area (Å²) >= 11 is 0. The lowest BCUT2D eigenvalue weighted by Crippen LogP contribution is -2.31. The predicted molar refractivity (Wildman–Crippen MR) is 80.4 cm³/mol. The number of nitrogens with zero attached hydrogens (tertiary/aromatic N) is 4. The second-order valence-corrected chi connectivity index (χ2v) is 5.09. The molecule has 1 aromatic heterocycles. The van der Waals surface area contributed by atoms with Crippen LogP contribution in [0.2, 0.25) is 0 Å². The van der Waals surface area contributed by atoms with Crippen LogP contribution in [-0.2, 0) is 0 Å². The van der Waals surface area contributed by atoms with Gasteiger partial charge in [0.2, 0.25) is 11.9 Å². The summed E-state index contributed by atoms with van der Waals surface area (Å²) in [6, 6.07) is 0.381. The molecule has 110 valence electrons. The summed E-state index contributed by atoms with van der Waals surface area (Å²) in [6.07, 6.45) is 4.46. The fraction of sp³-hybridized carbons (Fsp3) is 0.643. The molecule has 1 saturated heterocycles. The molecule has 0 aliphatic carbocycles. The molecule has 0 spiro atoms. The van der Waals surface area contributed by atoms with E-state index in [1.807, 2.05) is 6.92 Å². The van der Waals surface area contributed by atoms with Crippen LogP contribution in [0.5, 0.6) is 6.01 Å². The van der Waals surface area contributed by atoms with Gasteiger partial charge in [-0.05, 0) is 26.2 Å². The molecule has 1 aliphatic rings. The van der Waals surface area contributed by atoms with Gasteiger partial charge in [0.25, 0.3) is 0 Å². The third-order valence-electron chi connectivity index (χ3n) is 3.23. The maximum atomic E-state index is 5.60. The second-order valence-electron chi connectivity index (χ2n) is 5.09. The number of nitrogens with one attached hydrogen (secondary N) is 1. The van der Waals surface area contributed by atoms with Crippen molar-refractivity contribution in [2.75, 3.05) is 37.0 Å². The van der Waals surface area contributed by atoms with Crippen molar-refractivity contribution < 1.29 is 4.74 Å². The molecule has 1 aromatic rings. The average molecular weight is 277 g/mol. The van der Waals surface area contributed by atoms with Crippen molar-refractivity contribution >= 4 is 11.9 Å². The van der Waals surface area contributed by atoms with Crippen LogP contribution in [0.15, 0.2) is 12.2 Å². The Kier molecular flexibility index (Phi) is 5.15. The van der Waals surface area contributed by atoms with Gasteiger partial charge in [-0.25, -0.2) is 0 Å². The molecule has 6 heteroatoms. The normalized spacial score (nSPS) is 15.0. The maximum Gasteiger partial charge on any atom is 0.323 e. The Labute approximate surface area is 120 Å². The summed E-state index contributed by atoms with van der Waals surface area (Å²) in [5, 5.41) is 2.96. The Morgan fingerprint density at radius 3 is 2.65 bits per heavy atom. The van der Waals surface area contributed by atoms with Crippen LogP contribution in [0.3, 0.4) is 0 Å². The van der Waals surface area contributed by atoms with Crippen molar-refractivity contribution in [2.24, 2.45) is 0 Å². The predicted octanol–water partition coefficient (Wildman–Crippen LogP) is 2.25. The Hall–Kier alpha value is -1.85. The van der Waals surface area contributed by atoms with Crippen molar-refractivity contribution in [1.82, 2.24) is 15.0 Å². The second kappa shape index (κ2) is 7.07. The highest BCUT2D eigenvalue weighted by Gasteiger charge is 2.16. The number of ether oxygens (including phenoxy) is 1. The van der Waals surface area contributed by atoms with Crippen LogP contribution in [0.4, 0.5) is 11.9 Å². The molecule has 0 radical (unpaired) electrons. The van der Waals surface area contributed by atoms with Crippen LogP contribution < -0.4 is 15.0 Å². The summed E-state index contributed by atoms with van der Waals surface area (Å²) in [4.78, 5) is 15.3. The van der Waals surface area contributed by atoms with E-state index in [1.54, 1.807) is 7.05 Å². The van der Waals surface area contributed by atoms with E-state index in [1.165, 1.54) is 19.3 Å². The minimum Gasteiger partial charge on any atom is -0.463 e. The van der Waals surface area contributed by atoms with Crippen molar-refractivity contribution in [3.63, 3.8) is 0 Å². The Morgan fingerprint density at radius 2 is 2.00 bits per heavy atom. The van der Waals surface area contributed by atoms with Gasteiger partial charge in [0, 0.05) is 26.6 Å². The standard InChI is InChI=1S/C14H23N5O/c1-11(2)7-10-20-14-17-12(15-3)16-13(18-14)19-8-5-4-6-9-19/h1,4-10H2,2-3H3,(H,15,16,17,18). The molecular weight excluding hydrogens is 254 g/mol. The first-order chi connectivity index (χ1) is 9.69. The Balaban J connectivity index is 2.08. The minimum absolute atomic E-state index is 0.381. The van der Waals surface area contributed by atoms with Gasteiger partial charge in [0.1, 0.15) is 0 Å². The molecule has 1 fully saturated rings. The molecule has 6 nitrogen and oxygen atoms in total. The number of piperidine rings is 1. The Bertz CT molecular complexity index is 457. The zero-order valence-electron chi connectivity index (χ0n) is 12.4. The molecule has 20 heavy (non-hydrogen) atoms. The van der Waals surface area contributed by atoms with Gasteiger partial charge in [0.05, 0.1) is 6.61 Å². The Morgan fingerprint density at radius 1 is 1.25 bits per heavy atom. The zero-order valence-corrected chi connectivity index (χ0v) is 12.4. The lowest BCUT2D eigenvalue weighted by molar-refractivity contribution is 0.295. The molecule has 2 heterocycles. The van der Waals surface area contributed by atoms with Crippen molar-refractivity contribution in [2.45, 2.75) is 32.6 Å². The monoisotopic (exact) mass is 277 g/mol. The molecule has 0 aromatic carbocycles. The smallest absolute Gasteiger partial charge is 0.323 e. The van der Waals surface area contributed by atoms with Crippen LogP contribution in [0.25, 0.3) is 0 Å². The van der Waals surface area contributed by atoms with E-state index in [-0.39, 0.29) is 0 Å². The van der Waals surface area contributed by atoms with Gasteiger partial charge in [-0.2, -0.15) is 15.0 Å². The summed E-state index contributed by atoms with van der Waals surface area (Å²) in [5.41, 5.74) is 1.09. The molecule has 0 unspecified atom stereocenters. The van der Waals surface area contributed by atoms with Crippen LogP contribution in [0, 0.1) is 0 Å². The molecule has 0 saturated carbocycles. The highest BCUT2D eigenvalue weighted by atomic mass is 16.5. The van der Waals surface area contributed by atoms with Gasteiger partial charge in [-0.3, -0.25) is 0 Å². The van der Waals surface area contributed by atoms with E-state index >= 15 is 0 Å². The van der Waals surface area contributed by atoms with Gasteiger partial charge >= 0.3 is 6.01 Å². The highest BCUT2D eigenvalue weighted by molar-refractivity contribution is 5.38. The van der Waals surface area contributed by atoms with Crippen LogP contribution in [-0.4, -0.2) is 41.7 Å². The van der Waals surface area contributed by atoms with E-state index < -0.39 is 0 Å². The highest BCUT2D eigenvalue weighted by Crippen LogP contribution is 2.19. The fourth-order valence-corrected chi connectivity index (χ4v) is 2.07. The SMILES string of the molecule is C=C(C)CCOc1nc(NC)nc(N2CCCCC2)n1. The molecule has 2 rings (SSSR count). The van der Waals surface area contributed by atoms with E-state index in [0.29, 0.717) is 24.5 Å². The molecule has 1 aliphatic heterocycles. The summed E-state index contributed by atoms with van der Waals surface area (Å²) in [7, 11) is 1.80. The van der Waals surface area contributed by atoms with Gasteiger partial charge in [-0.1, -0.05) is 5.57 Å². The molecular formula is C14H23N5O. The number of hydrogen-bond donors (Lipinski definition) is 1. The van der Waals surface area contributed by atoms with Crippen LogP contribution in [0.1, 0.15) is 32.6 Å². The average Bonchev–Trinajstić information content (AvgIpc) is 2.47. The lowest BCUT2D eigenvalue weighted by atomic mass is 10.1. The van der Waals surface area contributed by atoms with E-state index in [4.69, 9.17) is 4.74 Å². The van der Waals surface area contributed by atoms with E-state index in [2.05, 4.69) is 31.7 Å². The number of anilines is 2. The van der Waals surface area contributed by atoms with E-state index in [0.717, 1.165) is 25.1 Å². The lowest BCUT2D eigenvalue weighted by Gasteiger charge is -2.26. The van der Waals surface area contributed by atoms with Crippen molar-refractivity contribution in [3.8, 4) is 6.01 Å². The molecule has 0 atom stereocenters. The third-order valence-corrected chi connectivity index (χ3v) is 3.23. The topological polar surface area (TPSA) is 63.2 Å². The summed E-state index contributed by atoms with van der Waals surface area (Å²) in [6.45, 7) is 8.38. The first kappa shape index (κ1) is 14.6. The number of aromatic nitrogens is 3. The van der Waals surface area contributed by atoms with E-state index in [9.17, 15) is 0 Å². The van der Waals surface area contributed by atoms with Crippen LogP contribution >= 0.6 is 0 Å². The van der Waals surface area contributed by atoms with Crippen molar-refractivity contribution in [3.05, 3.63) is 12.2 Å². The van der Waals surface area contributed by atoms with Gasteiger partial charge in [-0.15, -0.1) is 6.58 Å². The zero-order chi connectivity index (χ0) is 14.4. The number of rotatable bonds is 6. The van der Waals surface area contributed by atoms with Crippen molar-refractivity contribution in [1.29, 1.82) is 0 Å². The molecule has 0 bridgehead atoms. The maximum absolute atomic E-state index is 5.60. The minimum atomic E-state index is 0.381. The largest absolute Gasteiger partial charge is 0.463 e.